The Labute approximate surface area is 51.4 Å². The van der Waals surface area contributed by atoms with Crippen LogP contribution in [0, 0.1) is 6.92 Å². The van der Waals surface area contributed by atoms with E-state index in [9.17, 15) is 0 Å². The summed E-state index contributed by atoms with van der Waals surface area (Å²) < 4.78 is 4.88. The van der Waals surface area contributed by atoms with Crippen LogP contribution in [-0.4, -0.2) is 38.8 Å². The van der Waals surface area contributed by atoms with Gasteiger partial charge in [0.05, 0.1) is 13.2 Å². The average molecular weight is 115 g/mol. The summed E-state index contributed by atoms with van der Waals surface area (Å²) >= 11 is 0. The van der Waals surface area contributed by atoms with E-state index in [1.807, 2.05) is 14.1 Å². The number of nitrogens with zero attached hydrogens (tertiary/aromatic N) is 1. The van der Waals surface area contributed by atoms with Crippen LogP contribution in [-0.2, 0) is 4.74 Å². The topological polar surface area (TPSA) is 12.5 Å². The zero-order valence-electron chi connectivity index (χ0n) is 5.55. The fraction of sp³-hybridized carbons (Fsp3) is 0.833. The molecule has 0 saturated heterocycles. The fourth-order valence-corrected chi connectivity index (χ4v) is 0.330. The van der Waals surface area contributed by atoms with E-state index in [2.05, 4.69) is 4.90 Å². The van der Waals surface area contributed by atoms with Crippen molar-refractivity contribution in [2.45, 2.75) is 0 Å². The molecule has 0 aliphatic heterocycles. The van der Waals surface area contributed by atoms with Gasteiger partial charge in [-0.25, -0.2) is 0 Å². The molecule has 0 aliphatic carbocycles. The Bertz CT molecular complexity index is 45.8. The molecular formula is C6H13NO. The van der Waals surface area contributed by atoms with Gasteiger partial charge in [-0.2, -0.15) is 0 Å². The number of likely N-dealkylation sites (N-methyl/N-ethyl adjacent to an activating group) is 1. The van der Waals surface area contributed by atoms with Crippen LogP contribution in [0.15, 0.2) is 0 Å². The van der Waals surface area contributed by atoms with E-state index in [4.69, 9.17) is 11.7 Å². The van der Waals surface area contributed by atoms with E-state index in [1.165, 1.54) is 0 Å². The van der Waals surface area contributed by atoms with Gasteiger partial charge in [-0.3, -0.25) is 0 Å². The van der Waals surface area contributed by atoms with Crippen LogP contribution >= 0.6 is 0 Å². The van der Waals surface area contributed by atoms with Crippen molar-refractivity contribution in [2.75, 3.05) is 33.9 Å². The first-order valence-electron chi connectivity index (χ1n) is 2.70. The van der Waals surface area contributed by atoms with Gasteiger partial charge in [-0.15, -0.1) is 0 Å². The molecule has 2 heteroatoms. The first-order valence-corrected chi connectivity index (χ1v) is 2.70. The Morgan fingerprint density at radius 1 is 1.50 bits per heavy atom. The van der Waals surface area contributed by atoms with Gasteiger partial charge in [0.1, 0.15) is 0 Å². The van der Waals surface area contributed by atoms with Crippen molar-refractivity contribution < 1.29 is 4.74 Å². The summed E-state index contributed by atoms with van der Waals surface area (Å²) in [6.45, 7) is 7.07. The van der Waals surface area contributed by atoms with Gasteiger partial charge < -0.3 is 9.64 Å². The minimum absolute atomic E-state index is 0.327. The van der Waals surface area contributed by atoms with Gasteiger partial charge in [0.2, 0.25) is 0 Å². The minimum atomic E-state index is 0.327. The lowest BCUT2D eigenvalue weighted by Crippen LogP contribution is -2.17. The molecule has 0 amide bonds. The molecule has 0 N–H and O–H groups in total. The quantitative estimate of drug-likeness (QED) is 0.488. The second kappa shape index (κ2) is 5.06. The third kappa shape index (κ3) is 5.92. The SMILES string of the molecule is [CH]COCCN(C)C. The molecule has 0 unspecified atom stereocenters. The lowest BCUT2D eigenvalue weighted by molar-refractivity contribution is 0.140. The minimum Gasteiger partial charge on any atom is -0.380 e. The summed E-state index contributed by atoms with van der Waals surface area (Å²) in [4.78, 5) is 2.05. The van der Waals surface area contributed by atoms with Crippen molar-refractivity contribution in [3.8, 4) is 0 Å². The maximum atomic E-state index is 5.07. The monoisotopic (exact) mass is 115 g/mol. The molecule has 0 aliphatic rings. The molecule has 0 aromatic rings. The molecule has 2 radical (unpaired) electrons. The second-order valence-corrected chi connectivity index (χ2v) is 1.88. The molecule has 0 atom stereocenters. The molecular weight excluding hydrogens is 102 g/mol. The van der Waals surface area contributed by atoms with Crippen molar-refractivity contribution in [1.82, 2.24) is 4.90 Å². The Morgan fingerprint density at radius 2 is 2.12 bits per heavy atom. The van der Waals surface area contributed by atoms with E-state index in [1.54, 1.807) is 0 Å². The molecule has 0 spiro atoms. The predicted molar refractivity (Wildman–Crippen MR) is 33.7 cm³/mol. The van der Waals surface area contributed by atoms with E-state index in [0.717, 1.165) is 13.2 Å². The number of hydrogen-bond donors (Lipinski definition) is 0. The molecule has 0 rings (SSSR count). The highest BCUT2D eigenvalue weighted by Gasteiger charge is 1.86. The lowest BCUT2D eigenvalue weighted by Gasteiger charge is -2.07. The Balaban J connectivity index is 2.72. The van der Waals surface area contributed by atoms with Crippen LogP contribution in [0.3, 0.4) is 0 Å². The molecule has 0 bridgehead atoms. The average Bonchev–Trinajstić information content (AvgIpc) is 1.66. The van der Waals surface area contributed by atoms with Gasteiger partial charge in [0.15, 0.2) is 0 Å². The molecule has 0 aromatic heterocycles. The summed E-state index contributed by atoms with van der Waals surface area (Å²) in [5, 5.41) is 0. The highest BCUT2D eigenvalue weighted by molar-refractivity contribution is 4.39. The van der Waals surface area contributed by atoms with Gasteiger partial charge in [0, 0.05) is 6.54 Å². The smallest absolute Gasteiger partial charge is 0.0593 e. The van der Waals surface area contributed by atoms with Gasteiger partial charge in [0.25, 0.3) is 0 Å². The number of rotatable bonds is 4. The fourth-order valence-electron chi connectivity index (χ4n) is 0.330. The zero-order chi connectivity index (χ0) is 6.41. The molecule has 2 nitrogen and oxygen atoms in total. The number of hydrogen-bond acceptors (Lipinski definition) is 2. The lowest BCUT2D eigenvalue weighted by atomic mass is 10.6. The van der Waals surface area contributed by atoms with Crippen molar-refractivity contribution in [1.29, 1.82) is 0 Å². The molecule has 0 aromatic carbocycles. The summed E-state index contributed by atoms with van der Waals surface area (Å²) in [6.07, 6.45) is 0. The maximum Gasteiger partial charge on any atom is 0.0593 e. The van der Waals surface area contributed by atoms with Crippen LogP contribution in [0.4, 0.5) is 0 Å². The molecule has 0 heterocycles. The van der Waals surface area contributed by atoms with Crippen molar-refractivity contribution in [3.05, 3.63) is 6.92 Å². The normalized spacial score (nSPS) is 10.5. The Kier molecular flexibility index (Phi) is 5.01. The van der Waals surface area contributed by atoms with Crippen LogP contribution < -0.4 is 0 Å². The van der Waals surface area contributed by atoms with Crippen molar-refractivity contribution in [3.63, 3.8) is 0 Å². The third-order valence-electron chi connectivity index (χ3n) is 0.801. The molecule has 48 valence electrons. The first-order chi connectivity index (χ1) is 3.77. The van der Waals surface area contributed by atoms with Crippen LogP contribution in [0.25, 0.3) is 0 Å². The highest BCUT2D eigenvalue weighted by atomic mass is 16.5. The maximum absolute atomic E-state index is 5.07. The van der Waals surface area contributed by atoms with Gasteiger partial charge in [-0.1, -0.05) is 0 Å². The van der Waals surface area contributed by atoms with Gasteiger partial charge in [-0.05, 0) is 21.0 Å². The highest BCUT2D eigenvalue weighted by Crippen LogP contribution is 1.75. The molecule has 8 heavy (non-hydrogen) atoms. The molecule has 0 saturated carbocycles. The second-order valence-electron chi connectivity index (χ2n) is 1.88. The van der Waals surface area contributed by atoms with Gasteiger partial charge >= 0.3 is 0 Å². The van der Waals surface area contributed by atoms with Crippen molar-refractivity contribution >= 4 is 0 Å². The summed E-state index contributed by atoms with van der Waals surface area (Å²) in [6, 6.07) is 0. The summed E-state index contributed by atoms with van der Waals surface area (Å²) in [7, 11) is 4.00. The standard InChI is InChI=1S/C6H13NO/c1-4-8-6-5-7(2)3/h1H,4-6H2,2-3H3. The van der Waals surface area contributed by atoms with Crippen LogP contribution in [0.5, 0.6) is 0 Å². The van der Waals surface area contributed by atoms with Crippen LogP contribution in [0.2, 0.25) is 0 Å². The summed E-state index contributed by atoms with van der Waals surface area (Å²) in [5.41, 5.74) is 0. The number of ether oxygens (including phenoxy) is 1. The third-order valence-corrected chi connectivity index (χ3v) is 0.801. The first kappa shape index (κ1) is 7.92. The van der Waals surface area contributed by atoms with Crippen molar-refractivity contribution in [2.24, 2.45) is 0 Å². The Morgan fingerprint density at radius 3 is 2.50 bits per heavy atom. The largest absolute Gasteiger partial charge is 0.380 e. The predicted octanol–water partition coefficient (Wildman–Crippen LogP) is 0.276. The van der Waals surface area contributed by atoms with E-state index in [-0.39, 0.29) is 0 Å². The van der Waals surface area contributed by atoms with E-state index >= 15 is 0 Å². The summed E-state index contributed by atoms with van der Waals surface area (Å²) in [5.74, 6) is 0. The molecule has 0 fully saturated rings. The van der Waals surface area contributed by atoms with E-state index < -0.39 is 0 Å². The van der Waals surface area contributed by atoms with Crippen LogP contribution in [0.1, 0.15) is 0 Å². The Hall–Kier alpha value is -0.0800. The van der Waals surface area contributed by atoms with E-state index in [0.29, 0.717) is 6.61 Å². The zero-order valence-corrected chi connectivity index (χ0v) is 5.55.